The first-order valence-electron chi connectivity index (χ1n) is 4.97. The lowest BCUT2D eigenvalue weighted by molar-refractivity contribution is 0.0702. The number of carboxylic acid groups (broad SMARTS) is 1. The number of anilines is 1. The number of hydrogen-bond donors (Lipinski definition) is 2. The van der Waals surface area contributed by atoms with E-state index in [0.29, 0.717) is 15.0 Å². The predicted octanol–water partition coefficient (Wildman–Crippen LogP) is 3.46. The van der Waals surface area contributed by atoms with Gasteiger partial charge in [0.1, 0.15) is 4.88 Å². The Labute approximate surface area is 115 Å². The molecule has 1 aromatic heterocycles. The van der Waals surface area contributed by atoms with E-state index in [1.165, 1.54) is 6.07 Å². The minimum atomic E-state index is -0.999. The third-order valence-corrected chi connectivity index (χ3v) is 3.85. The van der Waals surface area contributed by atoms with E-state index < -0.39 is 5.97 Å². The van der Waals surface area contributed by atoms with Crippen molar-refractivity contribution in [3.8, 4) is 0 Å². The van der Waals surface area contributed by atoms with E-state index in [9.17, 15) is 9.59 Å². The number of carbonyl (C=O) groups is 2. The van der Waals surface area contributed by atoms with Gasteiger partial charge in [0.15, 0.2) is 0 Å². The third-order valence-electron chi connectivity index (χ3n) is 2.17. The van der Waals surface area contributed by atoms with Gasteiger partial charge in [0, 0.05) is 4.47 Å². The van der Waals surface area contributed by atoms with Crippen molar-refractivity contribution < 1.29 is 14.7 Å². The Morgan fingerprint density at radius 2 is 1.89 bits per heavy atom. The number of carboxylic acids is 1. The highest BCUT2D eigenvalue weighted by molar-refractivity contribution is 9.10. The highest BCUT2D eigenvalue weighted by Crippen LogP contribution is 2.24. The van der Waals surface area contributed by atoms with Gasteiger partial charge in [-0.05, 0) is 40.2 Å². The van der Waals surface area contributed by atoms with Crippen molar-refractivity contribution in [2.75, 3.05) is 5.32 Å². The van der Waals surface area contributed by atoms with E-state index in [2.05, 4.69) is 21.2 Å². The molecule has 1 heterocycles. The molecule has 0 atom stereocenters. The number of benzene rings is 1. The number of amides is 1. The van der Waals surface area contributed by atoms with Crippen LogP contribution in [0.2, 0.25) is 0 Å². The van der Waals surface area contributed by atoms with Crippen LogP contribution in [0.15, 0.2) is 40.9 Å². The first kappa shape index (κ1) is 12.8. The average Bonchev–Trinajstić information content (AvgIpc) is 2.78. The molecule has 0 aliphatic rings. The van der Waals surface area contributed by atoms with E-state index in [1.807, 2.05) is 6.07 Å². The fourth-order valence-electron chi connectivity index (χ4n) is 1.34. The largest absolute Gasteiger partial charge is 0.477 e. The molecule has 1 amide bonds. The smallest absolute Gasteiger partial charge is 0.345 e. The van der Waals surface area contributed by atoms with Crippen molar-refractivity contribution in [2.24, 2.45) is 0 Å². The molecule has 2 aromatic rings. The standard InChI is InChI=1S/C12H8BrNO3S/c13-8-4-2-1-3-7(8)11(15)14-10-6-5-9(18-10)12(16)17/h1-6H,(H,14,15)(H,16,17). The van der Waals surface area contributed by atoms with Crippen LogP contribution >= 0.6 is 27.3 Å². The predicted molar refractivity (Wildman–Crippen MR) is 73.4 cm³/mol. The van der Waals surface area contributed by atoms with Gasteiger partial charge in [-0.2, -0.15) is 0 Å². The topological polar surface area (TPSA) is 66.4 Å². The second-order valence-electron chi connectivity index (χ2n) is 3.40. The van der Waals surface area contributed by atoms with E-state index in [1.54, 1.807) is 24.3 Å². The SMILES string of the molecule is O=C(O)c1ccc(NC(=O)c2ccccc2Br)s1. The van der Waals surface area contributed by atoms with Crippen LogP contribution < -0.4 is 5.32 Å². The van der Waals surface area contributed by atoms with E-state index >= 15 is 0 Å². The lowest BCUT2D eigenvalue weighted by Crippen LogP contribution is -2.11. The zero-order valence-electron chi connectivity index (χ0n) is 9.01. The maximum atomic E-state index is 11.9. The van der Waals surface area contributed by atoms with Crippen molar-refractivity contribution in [2.45, 2.75) is 0 Å². The van der Waals surface area contributed by atoms with Gasteiger partial charge >= 0.3 is 5.97 Å². The second-order valence-corrected chi connectivity index (χ2v) is 5.34. The number of carbonyl (C=O) groups excluding carboxylic acids is 1. The Morgan fingerprint density at radius 1 is 1.17 bits per heavy atom. The van der Waals surface area contributed by atoms with Gasteiger partial charge in [0.25, 0.3) is 5.91 Å². The number of rotatable bonds is 3. The molecule has 0 bridgehead atoms. The summed E-state index contributed by atoms with van der Waals surface area (Å²) in [6.45, 7) is 0. The molecule has 0 spiro atoms. The lowest BCUT2D eigenvalue weighted by atomic mass is 10.2. The van der Waals surface area contributed by atoms with Gasteiger partial charge in [0.2, 0.25) is 0 Å². The van der Waals surface area contributed by atoms with Gasteiger partial charge in [-0.1, -0.05) is 12.1 Å². The summed E-state index contributed by atoms with van der Waals surface area (Å²) in [6.07, 6.45) is 0. The summed E-state index contributed by atoms with van der Waals surface area (Å²) in [4.78, 5) is 22.8. The molecule has 18 heavy (non-hydrogen) atoms. The Bertz CT molecular complexity index is 609. The van der Waals surface area contributed by atoms with Gasteiger partial charge in [0.05, 0.1) is 10.6 Å². The molecule has 0 aliphatic carbocycles. The van der Waals surface area contributed by atoms with Crippen LogP contribution in [0.1, 0.15) is 20.0 Å². The highest BCUT2D eigenvalue weighted by Gasteiger charge is 2.12. The van der Waals surface area contributed by atoms with E-state index in [-0.39, 0.29) is 10.8 Å². The summed E-state index contributed by atoms with van der Waals surface area (Å²) in [5.41, 5.74) is 0.503. The maximum Gasteiger partial charge on any atom is 0.345 e. The van der Waals surface area contributed by atoms with Crippen molar-refractivity contribution in [3.63, 3.8) is 0 Å². The van der Waals surface area contributed by atoms with Crippen molar-refractivity contribution in [1.82, 2.24) is 0 Å². The fraction of sp³-hybridized carbons (Fsp3) is 0. The molecular formula is C12H8BrNO3S. The summed E-state index contributed by atoms with van der Waals surface area (Å²) < 4.78 is 0.692. The molecular weight excluding hydrogens is 318 g/mol. The minimum Gasteiger partial charge on any atom is -0.477 e. The maximum absolute atomic E-state index is 11.9. The zero-order chi connectivity index (χ0) is 13.1. The molecule has 92 valence electrons. The average molecular weight is 326 g/mol. The molecule has 0 unspecified atom stereocenters. The van der Waals surface area contributed by atoms with Crippen LogP contribution in [0.3, 0.4) is 0 Å². The van der Waals surface area contributed by atoms with Gasteiger partial charge in [-0.3, -0.25) is 4.79 Å². The number of hydrogen-bond acceptors (Lipinski definition) is 3. The van der Waals surface area contributed by atoms with Crippen molar-refractivity contribution >= 4 is 44.1 Å². The lowest BCUT2D eigenvalue weighted by Gasteiger charge is -2.04. The molecule has 4 nitrogen and oxygen atoms in total. The zero-order valence-corrected chi connectivity index (χ0v) is 11.4. The van der Waals surface area contributed by atoms with Crippen LogP contribution in [0.25, 0.3) is 0 Å². The molecule has 0 radical (unpaired) electrons. The summed E-state index contributed by atoms with van der Waals surface area (Å²) in [5, 5.41) is 12.0. The quantitative estimate of drug-likeness (QED) is 0.908. The highest BCUT2D eigenvalue weighted by atomic mass is 79.9. The Balaban J connectivity index is 2.16. The number of nitrogens with one attached hydrogen (secondary N) is 1. The second kappa shape index (κ2) is 5.32. The summed E-state index contributed by atoms with van der Waals surface area (Å²) in [6, 6.07) is 10.1. The van der Waals surface area contributed by atoms with Gasteiger partial charge in [-0.15, -0.1) is 11.3 Å². The van der Waals surface area contributed by atoms with E-state index in [0.717, 1.165) is 11.3 Å². The van der Waals surface area contributed by atoms with Crippen molar-refractivity contribution in [1.29, 1.82) is 0 Å². The monoisotopic (exact) mass is 325 g/mol. The summed E-state index contributed by atoms with van der Waals surface area (Å²) in [5.74, 6) is -1.28. The minimum absolute atomic E-state index is 0.192. The van der Waals surface area contributed by atoms with Crippen LogP contribution in [0.4, 0.5) is 5.00 Å². The molecule has 0 aliphatic heterocycles. The molecule has 0 saturated carbocycles. The van der Waals surface area contributed by atoms with Crippen LogP contribution in [0, 0.1) is 0 Å². The van der Waals surface area contributed by atoms with Crippen molar-refractivity contribution in [3.05, 3.63) is 51.3 Å². The van der Waals surface area contributed by atoms with Crippen LogP contribution in [-0.4, -0.2) is 17.0 Å². The summed E-state index contributed by atoms with van der Waals surface area (Å²) in [7, 11) is 0. The molecule has 2 N–H and O–H groups in total. The van der Waals surface area contributed by atoms with Crippen LogP contribution in [0.5, 0.6) is 0 Å². The van der Waals surface area contributed by atoms with Crippen LogP contribution in [-0.2, 0) is 0 Å². The Morgan fingerprint density at radius 3 is 2.50 bits per heavy atom. The molecule has 2 rings (SSSR count). The fourth-order valence-corrected chi connectivity index (χ4v) is 2.55. The first-order chi connectivity index (χ1) is 8.58. The molecule has 1 aromatic carbocycles. The first-order valence-corrected chi connectivity index (χ1v) is 6.58. The van der Waals surface area contributed by atoms with Gasteiger partial charge in [-0.25, -0.2) is 4.79 Å². The Hall–Kier alpha value is -1.66. The third kappa shape index (κ3) is 2.77. The number of halogens is 1. The normalized spacial score (nSPS) is 10.1. The Kier molecular flexibility index (Phi) is 3.78. The van der Waals surface area contributed by atoms with Gasteiger partial charge < -0.3 is 10.4 Å². The summed E-state index contributed by atoms with van der Waals surface area (Å²) >= 11 is 4.31. The molecule has 0 fully saturated rings. The molecule has 0 saturated heterocycles. The van der Waals surface area contributed by atoms with E-state index in [4.69, 9.17) is 5.11 Å². The molecule has 6 heteroatoms. The number of aromatic carboxylic acids is 1. The number of thiophene rings is 1.